The summed E-state index contributed by atoms with van der Waals surface area (Å²) < 4.78 is 0. The summed E-state index contributed by atoms with van der Waals surface area (Å²) in [6.45, 7) is 4.32. The standard InChI is InChI=1S/C17H20O/c1-13(2)10-11-16(18)12-15-8-5-7-14-6-3-4-9-17(14)15/h3-9,13H,10-12H2,1-2H3. The summed E-state index contributed by atoms with van der Waals surface area (Å²) in [6, 6.07) is 14.5. The van der Waals surface area contributed by atoms with Crippen LogP contribution in [0.15, 0.2) is 42.5 Å². The van der Waals surface area contributed by atoms with Crippen molar-refractivity contribution in [2.75, 3.05) is 0 Å². The Hall–Kier alpha value is -1.63. The van der Waals surface area contributed by atoms with Gasteiger partial charge in [0.15, 0.2) is 0 Å². The number of hydrogen-bond acceptors (Lipinski definition) is 1. The fourth-order valence-corrected chi connectivity index (χ4v) is 2.20. The van der Waals surface area contributed by atoms with Crippen LogP contribution in [0.5, 0.6) is 0 Å². The molecule has 0 aliphatic heterocycles. The van der Waals surface area contributed by atoms with Gasteiger partial charge in [-0.25, -0.2) is 0 Å². The molecule has 0 spiro atoms. The van der Waals surface area contributed by atoms with E-state index in [1.807, 2.05) is 18.2 Å². The first-order valence-electron chi connectivity index (χ1n) is 6.65. The first-order chi connectivity index (χ1) is 8.66. The van der Waals surface area contributed by atoms with E-state index in [4.69, 9.17) is 0 Å². The maximum Gasteiger partial charge on any atom is 0.137 e. The quantitative estimate of drug-likeness (QED) is 0.757. The molecule has 0 heterocycles. The van der Waals surface area contributed by atoms with Gasteiger partial charge in [-0.3, -0.25) is 4.79 Å². The smallest absolute Gasteiger partial charge is 0.137 e. The van der Waals surface area contributed by atoms with Gasteiger partial charge in [-0.05, 0) is 28.7 Å². The molecule has 1 heteroatoms. The number of hydrogen-bond donors (Lipinski definition) is 0. The highest BCUT2D eigenvalue weighted by atomic mass is 16.1. The van der Waals surface area contributed by atoms with Gasteiger partial charge in [-0.2, -0.15) is 0 Å². The highest BCUT2D eigenvalue weighted by Gasteiger charge is 2.07. The van der Waals surface area contributed by atoms with Crippen molar-refractivity contribution in [3.05, 3.63) is 48.0 Å². The fourth-order valence-electron chi connectivity index (χ4n) is 2.20. The molecule has 0 N–H and O–H groups in total. The third-order valence-electron chi connectivity index (χ3n) is 3.27. The SMILES string of the molecule is CC(C)CCC(=O)Cc1cccc2ccccc12. The number of fused-ring (bicyclic) bond motifs is 1. The molecule has 2 aromatic carbocycles. The molecule has 94 valence electrons. The van der Waals surface area contributed by atoms with E-state index in [2.05, 4.69) is 38.1 Å². The zero-order chi connectivity index (χ0) is 13.0. The van der Waals surface area contributed by atoms with Gasteiger partial charge < -0.3 is 0 Å². The van der Waals surface area contributed by atoms with E-state index >= 15 is 0 Å². The van der Waals surface area contributed by atoms with E-state index in [1.165, 1.54) is 10.8 Å². The molecule has 0 aliphatic carbocycles. The third kappa shape index (κ3) is 3.19. The zero-order valence-electron chi connectivity index (χ0n) is 11.1. The lowest BCUT2D eigenvalue weighted by atomic mass is 9.97. The number of benzene rings is 2. The Morgan fingerprint density at radius 3 is 2.56 bits per heavy atom. The third-order valence-corrected chi connectivity index (χ3v) is 3.27. The van der Waals surface area contributed by atoms with Crippen LogP contribution in [0, 0.1) is 5.92 Å². The number of rotatable bonds is 5. The monoisotopic (exact) mass is 240 g/mol. The van der Waals surface area contributed by atoms with Crippen LogP contribution in [0.4, 0.5) is 0 Å². The molecule has 2 rings (SSSR count). The Balaban J connectivity index is 2.14. The van der Waals surface area contributed by atoms with Crippen molar-refractivity contribution < 1.29 is 4.79 Å². The molecule has 0 saturated heterocycles. The molecule has 0 aromatic heterocycles. The van der Waals surface area contributed by atoms with Gasteiger partial charge in [0.2, 0.25) is 0 Å². The second kappa shape index (κ2) is 5.81. The Labute approximate surface area is 109 Å². The molecule has 0 radical (unpaired) electrons. The van der Waals surface area contributed by atoms with Crippen molar-refractivity contribution in [2.45, 2.75) is 33.1 Å². The van der Waals surface area contributed by atoms with Crippen LogP contribution in [0.3, 0.4) is 0 Å². The second-order valence-corrected chi connectivity index (χ2v) is 5.29. The van der Waals surface area contributed by atoms with Crippen LogP contribution in [0.2, 0.25) is 0 Å². The van der Waals surface area contributed by atoms with Gasteiger partial charge in [-0.15, -0.1) is 0 Å². The second-order valence-electron chi connectivity index (χ2n) is 5.29. The van der Waals surface area contributed by atoms with Crippen LogP contribution in [0.25, 0.3) is 10.8 Å². The van der Waals surface area contributed by atoms with E-state index < -0.39 is 0 Å². The molecule has 0 aliphatic rings. The maximum absolute atomic E-state index is 12.0. The number of ketones is 1. The lowest BCUT2D eigenvalue weighted by Gasteiger charge is -2.07. The fraction of sp³-hybridized carbons (Fsp3) is 0.353. The summed E-state index contributed by atoms with van der Waals surface area (Å²) in [5, 5.41) is 2.42. The van der Waals surface area contributed by atoms with Crippen molar-refractivity contribution >= 4 is 16.6 Å². The number of Topliss-reactive ketones (excluding diaryl/α,β-unsaturated/α-hetero) is 1. The van der Waals surface area contributed by atoms with Crippen LogP contribution in [-0.4, -0.2) is 5.78 Å². The average Bonchev–Trinajstić information content (AvgIpc) is 2.37. The molecule has 0 atom stereocenters. The van der Waals surface area contributed by atoms with E-state index in [0.717, 1.165) is 12.0 Å². The molecule has 18 heavy (non-hydrogen) atoms. The van der Waals surface area contributed by atoms with Crippen LogP contribution in [-0.2, 0) is 11.2 Å². The van der Waals surface area contributed by atoms with Crippen molar-refractivity contribution in [1.82, 2.24) is 0 Å². The summed E-state index contributed by atoms with van der Waals surface area (Å²) in [5.74, 6) is 0.946. The minimum atomic E-state index is 0.347. The predicted molar refractivity (Wildman–Crippen MR) is 76.7 cm³/mol. The average molecular weight is 240 g/mol. The highest BCUT2D eigenvalue weighted by molar-refractivity contribution is 5.90. The predicted octanol–water partition coefficient (Wildman–Crippen LogP) is 4.39. The number of carbonyl (C=O) groups excluding carboxylic acids is 1. The summed E-state index contributed by atoms with van der Waals surface area (Å²) >= 11 is 0. The van der Waals surface area contributed by atoms with Crippen molar-refractivity contribution in [1.29, 1.82) is 0 Å². The zero-order valence-corrected chi connectivity index (χ0v) is 11.1. The molecule has 0 fully saturated rings. The topological polar surface area (TPSA) is 17.1 Å². The van der Waals surface area contributed by atoms with Gasteiger partial charge in [0.05, 0.1) is 0 Å². The lowest BCUT2D eigenvalue weighted by Crippen LogP contribution is -2.04. The van der Waals surface area contributed by atoms with Gasteiger partial charge in [0, 0.05) is 12.8 Å². The maximum atomic E-state index is 12.0. The minimum Gasteiger partial charge on any atom is -0.299 e. The molecule has 0 saturated carbocycles. The van der Waals surface area contributed by atoms with E-state index in [1.54, 1.807) is 0 Å². The normalized spacial score (nSPS) is 11.1. The molecule has 0 amide bonds. The van der Waals surface area contributed by atoms with Gasteiger partial charge >= 0.3 is 0 Å². The molecule has 1 nitrogen and oxygen atoms in total. The largest absolute Gasteiger partial charge is 0.299 e. The molecule has 2 aromatic rings. The molecular weight excluding hydrogens is 220 g/mol. The van der Waals surface area contributed by atoms with Crippen molar-refractivity contribution in [2.24, 2.45) is 5.92 Å². The highest BCUT2D eigenvalue weighted by Crippen LogP contribution is 2.19. The Kier molecular flexibility index (Phi) is 4.14. The van der Waals surface area contributed by atoms with Crippen LogP contribution >= 0.6 is 0 Å². The Morgan fingerprint density at radius 2 is 1.78 bits per heavy atom. The van der Waals surface area contributed by atoms with Gasteiger partial charge in [0.25, 0.3) is 0 Å². The molecule has 0 unspecified atom stereocenters. The molecule has 0 bridgehead atoms. The summed E-state index contributed by atoms with van der Waals surface area (Å²) in [6.07, 6.45) is 2.25. The first-order valence-corrected chi connectivity index (χ1v) is 6.65. The lowest BCUT2D eigenvalue weighted by molar-refractivity contribution is -0.118. The summed E-state index contributed by atoms with van der Waals surface area (Å²) in [5.41, 5.74) is 1.15. The Morgan fingerprint density at radius 1 is 1.06 bits per heavy atom. The van der Waals surface area contributed by atoms with Crippen LogP contribution < -0.4 is 0 Å². The van der Waals surface area contributed by atoms with Gasteiger partial charge in [0.1, 0.15) is 5.78 Å². The van der Waals surface area contributed by atoms with Crippen molar-refractivity contribution in [3.63, 3.8) is 0 Å². The van der Waals surface area contributed by atoms with Crippen molar-refractivity contribution in [3.8, 4) is 0 Å². The Bertz CT molecular complexity index is 535. The van der Waals surface area contributed by atoms with E-state index in [-0.39, 0.29) is 0 Å². The summed E-state index contributed by atoms with van der Waals surface area (Å²) in [4.78, 5) is 12.0. The van der Waals surface area contributed by atoms with Gasteiger partial charge in [-0.1, -0.05) is 56.3 Å². The first kappa shape index (κ1) is 12.8. The van der Waals surface area contributed by atoms with Crippen LogP contribution in [0.1, 0.15) is 32.3 Å². The summed E-state index contributed by atoms with van der Waals surface area (Å²) in [7, 11) is 0. The minimum absolute atomic E-state index is 0.347. The number of carbonyl (C=O) groups is 1. The van der Waals surface area contributed by atoms with E-state index in [9.17, 15) is 4.79 Å². The van der Waals surface area contributed by atoms with E-state index in [0.29, 0.717) is 24.5 Å². The molecular formula is C17H20O.